The zero-order chi connectivity index (χ0) is 22.4. The lowest BCUT2D eigenvalue weighted by atomic mass is 9.63. The van der Waals surface area contributed by atoms with Gasteiger partial charge in [-0.15, -0.1) is 0 Å². The van der Waals surface area contributed by atoms with E-state index < -0.39 is 0 Å². The lowest BCUT2D eigenvalue weighted by Gasteiger charge is -2.30. The van der Waals surface area contributed by atoms with E-state index >= 15 is 0 Å². The third-order valence-electron chi connectivity index (χ3n) is 5.55. The van der Waals surface area contributed by atoms with Gasteiger partial charge in [0, 0.05) is 5.92 Å². The van der Waals surface area contributed by atoms with Crippen molar-refractivity contribution in [2.75, 3.05) is 0 Å². The van der Waals surface area contributed by atoms with Gasteiger partial charge in [-0.3, -0.25) is 0 Å². The van der Waals surface area contributed by atoms with E-state index in [9.17, 15) is 0 Å². The van der Waals surface area contributed by atoms with Crippen LogP contribution in [0.15, 0.2) is 60.7 Å². The van der Waals surface area contributed by atoms with E-state index in [-0.39, 0.29) is 7.43 Å². The summed E-state index contributed by atoms with van der Waals surface area (Å²) in [5.41, 5.74) is 7.26. The molecule has 0 atom stereocenters. The maximum Gasteiger partial charge on any atom is 0.112 e. The van der Waals surface area contributed by atoms with Crippen LogP contribution in [0.3, 0.4) is 0 Å². The quantitative estimate of drug-likeness (QED) is 0.227. The molecular weight excluding hydrogens is 371 g/mol. The van der Waals surface area contributed by atoms with Crippen molar-refractivity contribution in [1.29, 1.82) is 0 Å². The molecule has 0 saturated carbocycles. The van der Waals surface area contributed by atoms with Crippen molar-refractivity contribution in [3.63, 3.8) is 0 Å². The normalized spacial score (nSPS) is 11.6. The SMILES string of the molecule is C.C=C(CCCCC)C1c2ccccc2Cc2ccccc21.CC.CCC[B]C(C)C. The molecule has 1 heteroatoms. The molecule has 0 aliphatic heterocycles. The molecule has 31 heavy (non-hydrogen) atoms. The topological polar surface area (TPSA) is 0 Å². The van der Waals surface area contributed by atoms with E-state index in [1.54, 1.807) is 0 Å². The summed E-state index contributed by atoms with van der Waals surface area (Å²) in [6.45, 7) is 17.3. The Kier molecular flexibility index (Phi) is 15.9. The highest BCUT2D eigenvalue weighted by Crippen LogP contribution is 2.41. The minimum absolute atomic E-state index is 0. The van der Waals surface area contributed by atoms with E-state index in [2.05, 4.69) is 90.1 Å². The number of unbranched alkanes of at least 4 members (excludes halogenated alkanes) is 2. The molecule has 0 unspecified atom stereocenters. The molecule has 171 valence electrons. The summed E-state index contributed by atoms with van der Waals surface area (Å²) in [5.74, 6) is 1.17. The molecule has 1 aliphatic rings. The fraction of sp³-hybridized carbons (Fsp3) is 0.533. The van der Waals surface area contributed by atoms with Crippen molar-refractivity contribution in [2.45, 2.75) is 106 Å². The van der Waals surface area contributed by atoms with Crippen LogP contribution in [0.4, 0.5) is 0 Å². The van der Waals surface area contributed by atoms with E-state index in [1.165, 1.54) is 59.8 Å². The van der Waals surface area contributed by atoms with Gasteiger partial charge in [0.15, 0.2) is 0 Å². The van der Waals surface area contributed by atoms with Gasteiger partial charge in [0.25, 0.3) is 0 Å². The molecule has 2 aromatic carbocycles. The van der Waals surface area contributed by atoms with Crippen molar-refractivity contribution < 1.29 is 0 Å². The first kappa shape index (κ1) is 29.2. The second kappa shape index (κ2) is 16.9. The predicted molar refractivity (Wildman–Crippen MR) is 145 cm³/mol. The molecule has 1 radical (unpaired) electrons. The minimum atomic E-state index is 0. The van der Waals surface area contributed by atoms with Crippen LogP contribution in [0, 0.1) is 0 Å². The Morgan fingerprint density at radius 3 is 1.84 bits per heavy atom. The van der Waals surface area contributed by atoms with Crippen molar-refractivity contribution in [2.24, 2.45) is 0 Å². The molecule has 0 aromatic heterocycles. The molecule has 0 N–H and O–H groups in total. The smallest absolute Gasteiger partial charge is 0.0989 e. The van der Waals surface area contributed by atoms with Gasteiger partial charge in [0.2, 0.25) is 0 Å². The molecule has 0 amide bonds. The summed E-state index contributed by atoms with van der Waals surface area (Å²) < 4.78 is 0. The Morgan fingerprint density at radius 2 is 1.42 bits per heavy atom. The first-order chi connectivity index (χ1) is 14.6. The Labute approximate surface area is 195 Å². The van der Waals surface area contributed by atoms with Crippen LogP contribution in [0.2, 0.25) is 12.1 Å². The van der Waals surface area contributed by atoms with E-state index in [0.717, 1.165) is 18.7 Å². The molecule has 0 spiro atoms. The number of hydrogen-bond donors (Lipinski definition) is 0. The average molecular weight is 420 g/mol. The molecular formula is C30H48B. The summed E-state index contributed by atoms with van der Waals surface area (Å²) >= 11 is 0. The third kappa shape index (κ3) is 9.50. The molecule has 0 fully saturated rings. The molecule has 3 rings (SSSR count). The molecule has 0 bridgehead atoms. The average Bonchev–Trinajstić information content (AvgIpc) is 2.77. The summed E-state index contributed by atoms with van der Waals surface area (Å²) in [5, 5.41) is 0. The maximum absolute atomic E-state index is 4.45. The summed E-state index contributed by atoms with van der Waals surface area (Å²) in [6, 6.07) is 17.8. The standard InChI is InChI=1S/C21H24.C6H14B.C2H6.CH4/c1-3-4-5-10-16(2)21-19-13-8-6-11-17(19)15-18-12-7-9-14-20(18)21;1-4-5-7-6(2)3;1-2;/h6-9,11-14,21H,2-5,10,15H2,1H3;6H,4-5H2,1-3H3;1-2H3;1H4. The number of fused-ring (bicyclic) bond motifs is 2. The number of allylic oxidation sites excluding steroid dienone is 1. The largest absolute Gasteiger partial charge is 0.112 e. The van der Waals surface area contributed by atoms with Gasteiger partial charge in [-0.25, -0.2) is 0 Å². The highest BCUT2D eigenvalue weighted by atomic mass is 14.3. The highest BCUT2D eigenvalue weighted by molar-refractivity contribution is 6.37. The van der Waals surface area contributed by atoms with Crippen LogP contribution in [0.5, 0.6) is 0 Å². The lowest BCUT2D eigenvalue weighted by molar-refractivity contribution is 0.686. The van der Waals surface area contributed by atoms with Crippen LogP contribution in [0.25, 0.3) is 0 Å². The summed E-state index contributed by atoms with van der Waals surface area (Å²) in [7, 11) is 2.35. The van der Waals surface area contributed by atoms with E-state index in [0.29, 0.717) is 5.92 Å². The van der Waals surface area contributed by atoms with Gasteiger partial charge >= 0.3 is 0 Å². The van der Waals surface area contributed by atoms with Crippen molar-refractivity contribution >= 4 is 7.28 Å². The van der Waals surface area contributed by atoms with Gasteiger partial charge < -0.3 is 0 Å². The Balaban J connectivity index is 0.000000775. The van der Waals surface area contributed by atoms with Crippen LogP contribution >= 0.6 is 0 Å². The Hall–Kier alpha value is -1.76. The van der Waals surface area contributed by atoms with Gasteiger partial charge in [-0.2, -0.15) is 0 Å². The zero-order valence-corrected chi connectivity index (χ0v) is 20.5. The first-order valence-corrected chi connectivity index (χ1v) is 12.2. The minimum Gasteiger partial charge on any atom is -0.0989 e. The zero-order valence-electron chi connectivity index (χ0n) is 20.5. The third-order valence-corrected chi connectivity index (χ3v) is 5.55. The van der Waals surface area contributed by atoms with Crippen molar-refractivity contribution in [3.8, 4) is 0 Å². The first-order valence-electron chi connectivity index (χ1n) is 12.2. The van der Waals surface area contributed by atoms with Gasteiger partial charge in [0.05, 0.1) is 0 Å². The number of hydrogen-bond acceptors (Lipinski definition) is 0. The summed E-state index contributed by atoms with van der Waals surface area (Å²) in [6.07, 6.45) is 8.60. The second-order valence-corrected chi connectivity index (χ2v) is 8.39. The molecule has 0 saturated heterocycles. The monoisotopic (exact) mass is 419 g/mol. The second-order valence-electron chi connectivity index (χ2n) is 8.39. The van der Waals surface area contributed by atoms with Gasteiger partial charge in [-0.1, -0.05) is 141 Å². The van der Waals surface area contributed by atoms with E-state index in [1.807, 2.05) is 13.8 Å². The van der Waals surface area contributed by atoms with Crippen molar-refractivity contribution in [3.05, 3.63) is 82.9 Å². The van der Waals surface area contributed by atoms with Crippen LogP contribution < -0.4 is 0 Å². The van der Waals surface area contributed by atoms with Crippen LogP contribution in [-0.2, 0) is 6.42 Å². The Bertz CT molecular complexity index is 683. The van der Waals surface area contributed by atoms with Crippen LogP contribution in [0.1, 0.15) is 109 Å². The van der Waals surface area contributed by atoms with Gasteiger partial charge in [0.1, 0.15) is 7.28 Å². The maximum atomic E-state index is 4.45. The predicted octanol–water partition coefficient (Wildman–Crippen LogP) is 9.87. The highest BCUT2D eigenvalue weighted by Gasteiger charge is 2.26. The Morgan fingerprint density at radius 1 is 0.903 bits per heavy atom. The van der Waals surface area contributed by atoms with Crippen LogP contribution in [-0.4, -0.2) is 7.28 Å². The fourth-order valence-corrected chi connectivity index (χ4v) is 4.01. The number of rotatable bonds is 8. The molecule has 2 aromatic rings. The molecule has 0 heterocycles. The number of benzene rings is 2. The lowest BCUT2D eigenvalue weighted by Crippen LogP contribution is -2.15. The summed E-state index contributed by atoms with van der Waals surface area (Å²) in [4.78, 5) is 0. The molecule has 1 aliphatic carbocycles. The molecule has 0 nitrogen and oxygen atoms in total. The van der Waals surface area contributed by atoms with Gasteiger partial charge in [-0.05, 0) is 41.5 Å². The van der Waals surface area contributed by atoms with E-state index in [4.69, 9.17) is 0 Å². The van der Waals surface area contributed by atoms with Crippen molar-refractivity contribution in [1.82, 2.24) is 0 Å². The fourth-order valence-electron chi connectivity index (χ4n) is 4.01.